The van der Waals surface area contributed by atoms with Crippen molar-refractivity contribution in [2.75, 3.05) is 26.4 Å². The van der Waals surface area contributed by atoms with Crippen LogP contribution < -0.4 is 0 Å². The third-order valence-corrected chi connectivity index (χ3v) is 1.34. The number of hydrogen-bond donors (Lipinski definition) is 4. The molecule has 0 unspecified atom stereocenters. The molecular weight excluding hydrogens is 599 g/mol. The Labute approximate surface area is 146 Å². The van der Waals surface area contributed by atoms with Crippen LogP contribution in [0.25, 0.3) is 0 Å². The Balaban J connectivity index is -0.0000000533. The van der Waals surface area contributed by atoms with E-state index in [1.54, 1.807) is 0 Å². The van der Waals surface area contributed by atoms with E-state index < -0.39 is 31.8 Å². The van der Waals surface area contributed by atoms with Crippen molar-refractivity contribution in [2.24, 2.45) is 5.41 Å². The molecule has 0 saturated heterocycles. The fourth-order valence-corrected chi connectivity index (χ4v) is 0.300. The second-order valence-corrected chi connectivity index (χ2v) is 2.13. The quantitative estimate of drug-likeness (QED) is 0.237. The van der Waals surface area contributed by atoms with E-state index in [0.29, 0.717) is 0 Å². The third kappa shape index (κ3) is 11.3. The van der Waals surface area contributed by atoms with E-state index >= 15 is 0 Å². The van der Waals surface area contributed by atoms with E-state index in [2.05, 4.69) is 0 Å². The van der Waals surface area contributed by atoms with Crippen LogP contribution in [0.1, 0.15) is 0 Å². The second-order valence-electron chi connectivity index (χ2n) is 2.13. The molecule has 0 bridgehead atoms. The first kappa shape index (κ1) is 29.8. The van der Waals surface area contributed by atoms with Gasteiger partial charge in [-0.05, 0) is 0 Å². The van der Waals surface area contributed by atoms with Gasteiger partial charge in [-0.1, -0.05) is 0 Å². The van der Waals surface area contributed by atoms with E-state index in [9.17, 15) is 0 Å². The number of rotatable bonds is 4. The minimum atomic E-state index is -1.11. The zero-order valence-corrected chi connectivity index (χ0v) is 24.1. The van der Waals surface area contributed by atoms with Crippen LogP contribution >= 0.6 is 0 Å². The standard InChI is InChI=1S/C5H12O4.4Sn.8H/c6-1-5(2-7,3-8)4-9;;;;;;;;;;;;/h6-9H,1-4H2;;;;;;;;;;;;. The topological polar surface area (TPSA) is 80.9 Å². The van der Waals surface area contributed by atoms with E-state index in [1.807, 2.05) is 0 Å². The molecule has 0 heterocycles. The molecule has 8 radical (unpaired) electrons. The van der Waals surface area contributed by atoms with Gasteiger partial charge in [-0.15, -0.1) is 0 Å². The molecule has 0 atom stereocenters. The van der Waals surface area contributed by atoms with Crippen LogP contribution in [-0.2, 0) is 0 Å². The fourth-order valence-electron chi connectivity index (χ4n) is 0.300. The van der Waals surface area contributed by atoms with Crippen LogP contribution in [0.2, 0.25) is 0 Å². The average Bonchev–Trinajstić information content (AvgIpc) is 1.95. The van der Waals surface area contributed by atoms with Gasteiger partial charge in [0.15, 0.2) is 0 Å². The Hall–Kier alpha value is 3.03. The Morgan fingerprint density at radius 2 is 0.692 bits per heavy atom. The van der Waals surface area contributed by atoms with Gasteiger partial charge in [0.1, 0.15) is 0 Å². The Morgan fingerprint density at radius 1 is 0.538 bits per heavy atom. The summed E-state index contributed by atoms with van der Waals surface area (Å²) in [5.41, 5.74) is -1.11. The normalized spacial score (nSPS) is 8.31. The van der Waals surface area contributed by atoms with Crippen molar-refractivity contribution in [3.05, 3.63) is 0 Å². The van der Waals surface area contributed by atoms with E-state index in [-0.39, 0.29) is 95.6 Å². The van der Waals surface area contributed by atoms with E-state index in [1.165, 1.54) is 0 Å². The summed E-state index contributed by atoms with van der Waals surface area (Å²) in [7, 11) is 0. The Kier molecular flexibility index (Phi) is 39.9. The van der Waals surface area contributed by atoms with Crippen LogP contribution in [0, 0.1) is 5.41 Å². The first-order valence-corrected chi connectivity index (χ1v) is 2.68. The molecule has 8 heteroatoms. The van der Waals surface area contributed by atoms with Crippen molar-refractivity contribution in [3.8, 4) is 0 Å². The van der Waals surface area contributed by atoms with Crippen LogP contribution in [0.15, 0.2) is 0 Å². The predicted octanol–water partition coefficient (Wildman–Crippen LogP) is -5.72. The van der Waals surface area contributed by atoms with Crippen molar-refractivity contribution in [1.29, 1.82) is 0 Å². The Bertz CT molecular complexity index is 63.4. The Morgan fingerprint density at radius 3 is 0.692 bits per heavy atom. The molecule has 4 N–H and O–H groups in total. The first-order valence-electron chi connectivity index (χ1n) is 2.68. The maximum absolute atomic E-state index is 8.50. The molecule has 13 heavy (non-hydrogen) atoms. The summed E-state index contributed by atoms with van der Waals surface area (Å²) in [6, 6.07) is 0. The summed E-state index contributed by atoms with van der Waals surface area (Å²) < 4.78 is 0. The zero-order chi connectivity index (χ0) is 7.33. The third-order valence-electron chi connectivity index (χ3n) is 1.34. The molecule has 0 saturated carbocycles. The van der Waals surface area contributed by atoms with E-state index in [4.69, 9.17) is 20.4 Å². The van der Waals surface area contributed by atoms with Gasteiger partial charge in [0, 0.05) is 0 Å². The molecule has 0 spiro atoms. The number of aliphatic hydroxyl groups is 4. The molecular formula is C5H20O4Sn4. The summed E-state index contributed by atoms with van der Waals surface area (Å²) in [6.07, 6.45) is 0. The van der Waals surface area contributed by atoms with Crippen LogP contribution in [-0.4, -0.2) is 142 Å². The molecule has 0 aliphatic heterocycles. The van der Waals surface area contributed by atoms with Gasteiger partial charge >= 0.3 is 95.6 Å². The predicted molar refractivity (Wildman–Crippen MR) is 65.0 cm³/mol. The summed E-state index contributed by atoms with van der Waals surface area (Å²) in [5, 5.41) is 34.0. The minimum absolute atomic E-state index is 0. The number of hydrogen-bond acceptors (Lipinski definition) is 4. The van der Waals surface area contributed by atoms with Crippen LogP contribution in [0.5, 0.6) is 0 Å². The van der Waals surface area contributed by atoms with Gasteiger partial charge in [0.05, 0.1) is 31.8 Å². The molecule has 0 aromatic carbocycles. The average molecular weight is 619 g/mol. The summed E-state index contributed by atoms with van der Waals surface area (Å²) in [5.74, 6) is 0. The monoisotopic (exact) mass is 624 g/mol. The van der Waals surface area contributed by atoms with Gasteiger partial charge < -0.3 is 20.4 Å². The molecule has 80 valence electrons. The summed E-state index contributed by atoms with van der Waals surface area (Å²) in [4.78, 5) is 0. The molecule has 0 aromatic rings. The zero-order valence-electron chi connectivity index (χ0n) is 7.95. The summed E-state index contributed by atoms with van der Waals surface area (Å²) >= 11 is 0. The van der Waals surface area contributed by atoms with Gasteiger partial charge in [-0.3, -0.25) is 0 Å². The molecule has 0 aliphatic carbocycles. The molecule has 0 aliphatic rings. The van der Waals surface area contributed by atoms with Crippen molar-refractivity contribution in [1.82, 2.24) is 0 Å². The van der Waals surface area contributed by atoms with Crippen LogP contribution in [0.4, 0.5) is 0 Å². The maximum atomic E-state index is 8.50. The molecule has 0 aromatic heterocycles. The van der Waals surface area contributed by atoms with Gasteiger partial charge in [0.2, 0.25) is 0 Å². The van der Waals surface area contributed by atoms with Gasteiger partial charge in [0.25, 0.3) is 0 Å². The van der Waals surface area contributed by atoms with Crippen molar-refractivity contribution in [2.45, 2.75) is 0 Å². The van der Waals surface area contributed by atoms with Crippen LogP contribution in [0.3, 0.4) is 0 Å². The fraction of sp³-hybridized carbons (Fsp3) is 1.00. The molecule has 0 amide bonds. The van der Waals surface area contributed by atoms with Crippen molar-refractivity contribution in [3.63, 3.8) is 0 Å². The van der Waals surface area contributed by atoms with Crippen molar-refractivity contribution < 1.29 is 20.4 Å². The number of aliphatic hydroxyl groups excluding tert-OH is 4. The second kappa shape index (κ2) is 17.4. The molecule has 0 fully saturated rings. The van der Waals surface area contributed by atoms with Gasteiger partial charge in [-0.25, -0.2) is 0 Å². The van der Waals surface area contributed by atoms with Crippen molar-refractivity contribution >= 4 is 95.6 Å². The van der Waals surface area contributed by atoms with Gasteiger partial charge in [-0.2, -0.15) is 0 Å². The summed E-state index contributed by atoms with van der Waals surface area (Å²) in [6.45, 7) is -1.62. The SMILES string of the molecule is OCC(CO)(CO)CO.[SnH2].[SnH2].[SnH2].[SnH2]. The molecule has 4 nitrogen and oxygen atoms in total. The first-order chi connectivity index (χ1) is 4.24. The molecule has 0 rings (SSSR count). The van der Waals surface area contributed by atoms with E-state index in [0.717, 1.165) is 0 Å².